The first-order chi connectivity index (χ1) is 9.57. The Morgan fingerprint density at radius 3 is 2.00 bits per heavy atom. The minimum absolute atomic E-state index is 0.0205. The maximum absolute atomic E-state index is 5.89. The molecular formula is C15H26N2O3. The van der Waals surface area contributed by atoms with Gasteiger partial charge >= 0.3 is 0 Å². The highest BCUT2D eigenvalue weighted by Crippen LogP contribution is 2.37. The summed E-state index contributed by atoms with van der Waals surface area (Å²) in [4.78, 5) is 0. The predicted octanol–water partition coefficient (Wildman–Crippen LogP) is 1.96. The van der Waals surface area contributed by atoms with E-state index in [4.69, 9.17) is 19.9 Å². The Labute approximate surface area is 121 Å². The minimum Gasteiger partial charge on any atom is -0.496 e. The van der Waals surface area contributed by atoms with E-state index < -0.39 is 0 Å². The second-order valence-electron chi connectivity index (χ2n) is 5.04. The molecule has 20 heavy (non-hydrogen) atoms. The summed E-state index contributed by atoms with van der Waals surface area (Å²) in [6.07, 6.45) is 0. The van der Waals surface area contributed by atoms with E-state index in [1.807, 2.05) is 12.1 Å². The van der Waals surface area contributed by atoms with E-state index in [1.165, 1.54) is 0 Å². The van der Waals surface area contributed by atoms with Crippen molar-refractivity contribution in [2.75, 3.05) is 34.4 Å². The average Bonchev–Trinajstić information content (AvgIpc) is 2.46. The van der Waals surface area contributed by atoms with Crippen molar-refractivity contribution < 1.29 is 14.2 Å². The van der Waals surface area contributed by atoms with Crippen LogP contribution in [-0.4, -0.2) is 34.4 Å². The van der Waals surface area contributed by atoms with Crippen LogP contribution in [0.3, 0.4) is 0 Å². The molecule has 5 nitrogen and oxygen atoms in total. The van der Waals surface area contributed by atoms with Crippen LogP contribution in [0.2, 0.25) is 0 Å². The lowest BCUT2D eigenvalue weighted by molar-refractivity contribution is 0.344. The third-order valence-corrected chi connectivity index (χ3v) is 3.12. The van der Waals surface area contributed by atoms with E-state index >= 15 is 0 Å². The zero-order valence-electron chi connectivity index (χ0n) is 13.0. The lowest BCUT2D eigenvalue weighted by Crippen LogP contribution is -2.31. The van der Waals surface area contributed by atoms with E-state index in [9.17, 15) is 0 Å². The summed E-state index contributed by atoms with van der Waals surface area (Å²) in [6, 6.07) is 3.77. The van der Waals surface area contributed by atoms with Crippen LogP contribution in [0.15, 0.2) is 12.1 Å². The molecule has 0 fully saturated rings. The van der Waals surface area contributed by atoms with Gasteiger partial charge < -0.3 is 25.3 Å². The van der Waals surface area contributed by atoms with Gasteiger partial charge in [0.15, 0.2) is 11.5 Å². The van der Waals surface area contributed by atoms with Crippen LogP contribution in [0.1, 0.15) is 25.5 Å². The molecule has 0 aliphatic heterocycles. The summed E-state index contributed by atoms with van der Waals surface area (Å²) in [5, 5.41) is 3.45. The van der Waals surface area contributed by atoms with Crippen molar-refractivity contribution in [3.05, 3.63) is 17.7 Å². The van der Waals surface area contributed by atoms with Gasteiger partial charge in [-0.2, -0.15) is 0 Å². The van der Waals surface area contributed by atoms with Crippen molar-refractivity contribution in [1.82, 2.24) is 5.32 Å². The zero-order chi connectivity index (χ0) is 15.1. The summed E-state index contributed by atoms with van der Waals surface area (Å²) in [5.41, 5.74) is 6.87. The monoisotopic (exact) mass is 282 g/mol. The molecule has 114 valence electrons. The SMILES string of the molecule is COc1cc(OC)c(C(CN)NCC(C)C)cc1OC. The van der Waals surface area contributed by atoms with Gasteiger partial charge in [0, 0.05) is 24.2 Å². The highest BCUT2D eigenvalue weighted by atomic mass is 16.5. The molecule has 3 N–H and O–H groups in total. The summed E-state index contributed by atoms with van der Waals surface area (Å²) < 4.78 is 16.1. The lowest BCUT2D eigenvalue weighted by atomic mass is 10.0. The lowest BCUT2D eigenvalue weighted by Gasteiger charge is -2.22. The molecule has 0 aliphatic rings. The molecular weight excluding hydrogens is 256 g/mol. The first-order valence-electron chi connectivity index (χ1n) is 6.80. The molecule has 1 rings (SSSR count). The largest absolute Gasteiger partial charge is 0.496 e. The average molecular weight is 282 g/mol. The Hall–Kier alpha value is -1.46. The summed E-state index contributed by atoms with van der Waals surface area (Å²) >= 11 is 0. The maximum Gasteiger partial charge on any atom is 0.164 e. The third-order valence-electron chi connectivity index (χ3n) is 3.12. The molecule has 0 aliphatic carbocycles. The molecule has 1 aromatic carbocycles. The van der Waals surface area contributed by atoms with E-state index in [0.717, 1.165) is 17.9 Å². The number of methoxy groups -OCH3 is 3. The Bertz CT molecular complexity index is 422. The van der Waals surface area contributed by atoms with Gasteiger partial charge in [-0.15, -0.1) is 0 Å². The fourth-order valence-electron chi connectivity index (χ4n) is 2.02. The molecule has 0 spiro atoms. The minimum atomic E-state index is 0.0205. The Morgan fingerprint density at radius 1 is 1.00 bits per heavy atom. The van der Waals surface area contributed by atoms with Crippen LogP contribution >= 0.6 is 0 Å². The Kier molecular flexibility index (Phi) is 6.61. The summed E-state index contributed by atoms with van der Waals surface area (Å²) in [6.45, 7) is 5.69. The second kappa shape index (κ2) is 7.97. The van der Waals surface area contributed by atoms with Crippen molar-refractivity contribution in [3.63, 3.8) is 0 Å². The van der Waals surface area contributed by atoms with Gasteiger partial charge in [-0.25, -0.2) is 0 Å². The number of benzene rings is 1. The molecule has 0 aromatic heterocycles. The molecule has 1 aromatic rings. The number of hydrogen-bond acceptors (Lipinski definition) is 5. The fraction of sp³-hybridized carbons (Fsp3) is 0.600. The molecule has 1 unspecified atom stereocenters. The second-order valence-corrected chi connectivity index (χ2v) is 5.04. The van der Waals surface area contributed by atoms with Crippen molar-refractivity contribution in [3.8, 4) is 17.2 Å². The van der Waals surface area contributed by atoms with Gasteiger partial charge in [0.05, 0.1) is 21.3 Å². The van der Waals surface area contributed by atoms with Gasteiger partial charge in [-0.3, -0.25) is 0 Å². The molecule has 0 saturated carbocycles. The van der Waals surface area contributed by atoms with Crippen LogP contribution in [0.5, 0.6) is 17.2 Å². The molecule has 0 saturated heterocycles. The van der Waals surface area contributed by atoms with Crippen molar-refractivity contribution in [2.45, 2.75) is 19.9 Å². The van der Waals surface area contributed by atoms with E-state index in [2.05, 4.69) is 19.2 Å². The third kappa shape index (κ3) is 4.02. The molecule has 0 bridgehead atoms. The molecule has 0 amide bonds. The van der Waals surface area contributed by atoms with E-state index in [1.54, 1.807) is 21.3 Å². The quantitative estimate of drug-likeness (QED) is 0.763. The standard InChI is InChI=1S/C15H26N2O3/c1-10(2)9-17-12(8-16)11-6-14(19-4)15(20-5)7-13(11)18-3/h6-7,10,12,17H,8-9,16H2,1-5H3. The predicted molar refractivity (Wildman–Crippen MR) is 80.7 cm³/mol. The van der Waals surface area contributed by atoms with Crippen LogP contribution in [-0.2, 0) is 0 Å². The van der Waals surface area contributed by atoms with Crippen LogP contribution in [0, 0.1) is 5.92 Å². The smallest absolute Gasteiger partial charge is 0.164 e. The first-order valence-corrected chi connectivity index (χ1v) is 6.80. The Morgan fingerprint density at radius 2 is 1.55 bits per heavy atom. The van der Waals surface area contributed by atoms with Crippen molar-refractivity contribution in [1.29, 1.82) is 0 Å². The van der Waals surface area contributed by atoms with E-state index in [-0.39, 0.29) is 6.04 Å². The zero-order valence-corrected chi connectivity index (χ0v) is 13.0. The first kappa shape index (κ1) is 16.6. The topological polar surface area (TPSA) is 65.7 Å². The van der Waals surface area contributed by atoms with Gasteiger partial charge in [0.25, 0.3) is 0 Å². The highest BCUT2D eigenvalue weighted by molar-refractivity contribution is 5.52. The Balaban J connectivity index is 3.12. The number of nitrogens with one attached hydrogen (secondary N) is 1. The molecule has 1 atom stereocenters. The maximum atomic E-state index is 5.89. The van der Waals surface area contributed by atoms with Crippen LogP contribution in [0.25, 0.3) is 0 Å². The molecule has 0 heterocycles. The van der Waals surface area contributed by atoms with Gasteiger partial charge in [0.2, 0.25) is 0 Å². The van der Waals surface area contributed by atoms with Crippen molar-refractivity contribution >= 4 is 0 Å². The number of nitrogens with two attached hydrogens (primary N) is 1. The van der Waals surface area contributed by atoms with Gasteiger partial charge in [0.1, 0.15) is 5.75 Å². The van der Waals surface area contributed by atoms with Crippen molar-refractivity contribution in [2.24, 2.45) is 11.7 Å². The number of ether oxygens (including phenoxy) is 3. The van der Waals surface area contributed by atoms with Crippen LogP contribution in [0.4, 0.5) is 0 Å². The highest BCUT2D eigenvalue weighted by Gasteiger charge is 2.18. The number of hydrogen-bond donors (Lipinski definition) is 2. The normalized spacial score (nSPS) is 12.3. The fourth-order valence-corrected chi connectivity index (χ4v) is 2.02. The molecule has 0 radical (unpaired) electrons. The van der Waals surface area contributed by atoms with Gasteiger partial charge in [-0.05, 0) is 18.5 Å². The molecule has 5 heteroatoms. The summed E-state index contributed by atoms with van der Waals surface area (Å²) in [7, 11) is 4.86. The van der Waals surface area contributed by atoms with E-state index in [0.29, 0.717) is 24.0 Å². The summed E-state index contributed by atoms with van der Waals surface area (Å²) in [5.74, 6) is 2.62. The van der Waals surface area contributed by atoms with Gasteiger partial charge in [-0.1, -0.05) is 13.8 Å². The number of rotatable bonds is 8. The van der Waals surface area contributed by atoms with Crippen LogP contribution < -0.4 is 25.3 Å².